The van der Waals surface area contributed by atoms with Gasteiger partial charge in [0.1, 0.15) is 29.2 Å². The maximum absolute atomic E-state index is 13.4. The highest BCUT2D eigenvalue weighted by Crippen LogP contribution is 2.33. The Kier molecular flexibility index (Phi) is 8.30. The average Bonchev–Trinajstić information content (AvgIpc) is 3.33. The summed E-state index contributed by atoms with van der Waals surface area (Å²) >= 11 is 5.82. The largest absolute Gasteiger partial charge is 0.392 e. The van der Waals surface area contributed by atoms with E-state index in [0.29, 0.717) is 47.7 Å². The highest BCUT2D eigenvalue weighted by atomic mass is 35.5. The van der Waals surface area contributed by atoms with E-state index in [1.165, 1.54) is 12.1 Å². The molecule has 4 rings (SSSR count). The number of nitrogens with zero attached hydrogens (tertiary/aromatic N) is 3. The molecule has 8 nitrogen and oxygen atoms in total. The molecular formula is C25H31ClFN5O3. The number of nitrogens with one attached hydrogen (secondary N) is 2. The number of amides is 1. The molecule has 1 amide bonds. The van der Waals surface area contributed by atoms with Crippen LogP contribution in [0.25, 0.3) is 0 Å². The molecule has 0 radical (unpaired) electrons. The Hall–Kier alpha value is -2.62. The van der Waals surface area contributed by atoms with Gasteiger partial charge in [0, 0.05) is 25.6 Å². The van der Waals surface area contributed by atoms with E-state index in [-0.39, 0.29) is 35.4 Å². The molecule has 1 aliphatic carbocycles. The minimum Gasteiger partial charge on any atom is -0.392 e. The summed E-state index contributed by atoms with van der Waals surface area (Å²) in [5, 5.41) is 20.0. The van der Waals surface area contributed by atoms with Gasteiger partial charge in [-0.05, 0) is 69.2 Å². The van der Waals surface area contributed by atoms with Gasteiger partial charge in [-0.3, -0.25) is 4.79 Å². The predicted octanol–water partition coefficient (Wildman–Crippen LogP) is 3.53. The molecule has 0 bridgehead atoms. The predicted molar refractivity (Wildman–Crippen MR) is 131 cm³/mol. The minimum absolute atomic E-state index is 0.00140. The van der Waals surface area contributed by atoms with Gasteiger partial charge in [-0.15, -0.1) is 0 Å². The van der Waals surface area contributed by atoms with Gasteiger partial charge >= 0.3 is 0 Å². The van der Waals surface area contributed by atoms with Crippen molar-refractivity contribution >= 4 is 23.2 Å². The number of carbonyl (C=O) groups is 1. The molecule has 2 aliphatic rings. The molecule has 0 spiro atoms. The van der Waals surface area contributed by atoms with E-state index in [9.17, 15) is 14.3 Å². The molecular weight excluding hydrogens is 473 g/mol. The zero-order valence-electron chi connectivity index (χ0n) is 19.9. The van der Waals surface area contributed by atoms with Crippen LogP contribution in [0.1, 0.15) is 66.6 Å². The van der Waals surface area contributed by atoms with Crippen LogP contribution in [0.15, 0.2) is 29.4 Å². The smallest absolute Gasteiger partial charge is 0.270 e. The Bertz CT molecular complexity index is 1090. The lowest BCUT2D eigenvalue weighted by Crippen LogP contribution is -2.39. The van der Waals surface area contributed by atoms with Crippen molar-refractivity contribution in [2.24, 2.45) is 11.1 Å². The molecule has 1 aromatic carbocycles. The van der Waals surface area contributed by atoms with Crippen LogP contribution in [0.4, 0.5) is 4.39 Å². The Morgan fingerprint density at radius 1 is 1.26 bits per heavy atom. The highest BCUT2D eigenvalue weighted by Gasteiger charge is 2.34. The number of hydrogen-bond acceptors (Lipinski definition) is 7. The van der Waals surface area contributed by atoms with Crippen molar-refractivity contribution < 1.29 is 19.1 Å². The number of aryl methyl sites for hydroxylation is 1. The maximum atomic E-state index is 13.4. The summed E-state index contributed by atoms with van der Waals surface area (Å²) in [4.78, 5) is 27.3. The van der Waals surface area contributed by atoms with Gasteiger partial charge in [0.2, 0.25) is 0 Å². The lowest BCUT2D eigenvalue weighted by Gasteiger charge is -2.31. The standard InChI is InChI=1S/C25H31ClFN5O3/c1-14(33)12-28-18-6-4-17(5-7-18)24-11-22(32-35-24)21-10-23(31-15(2)30-21)25(34)29-13-16-3-8-20(27)19(26)9-16/h3,8-10,14,17-18,24,28,33H,4-7,11-13H2,1-2H3,(H,29,34)/t14-,17?,18?,24+/m0/s1. The SMILES string of the molecule is Cc1nc(C(=O)NCc2ccc(F)c(Cl)c2)cc(C2=NO[C@@H](C3CCC(NC[C@H](C)O)CC3)C2)n1. The van der Waals surface area contributed by atoms with Crippen molar-refractivity contribution in [1.29, 1.82) is 0 Å². The molecule has 0 saturated heterocycles. The molecule has 2 atom stereocenters. The first-order valence-electron chi connectivity index (χ1n) is 12.0. The Labute approximate surface area is 209 Å². The van der Waals surface area contributed by atoms with Crippen molar-refractivity contribution in [3.05, 3.63) is 57.9 Å². The van der Waals surface area contributed by atoms with E-state index >= 15 is 0 Å². The average molecular weight is 504 g/mol. The monoisotopic (exact) mass is 503 g/mol. The number of aliphatic hydroxyl groups is 1. The second-order valence-corrected chi connectivity index (χ2v) is 9.78. The van der Waals surface area contributed by atoms with Crippen LogP contribution in [0, 0.1) is 18.7 Å². The van der Waals surface area contributed by atoms with Crippen LogP contribution in [0.5, 0.6) is 0 Å². The first-order valence-corrected chi connectivity index (χ1v) is 12.4. The molecule has 1 saturated carbocycles. The van der Waals surface area contributed by atoms with Gasteiger partial charge in [-0.1, -0.05) is 22.8 Å². The van der Waals surface area contributed by atoms with E-state index in [4.69, 9.17) is 16.4 Å². The molecule has 0 unspecified atom stereocenters. The number of benzene rings is 1. The van der Waals surface area contributed by atoms with Crippen molar-refractivity contribution in [3.63, 3.8) is 0 Å². The van der Waals surface area contributed by atoms with Crippen LogP contribution in [0.2, 0.25) is 5.02 Å². The van der Waals surface area contributed by atoms with Crippen LogP contribution in [-0.2, 0) is 11.4 Å². The van der Waals surface area contributed by atoms with E-state index in [2.05, 4.69) is 25.8 Å². The number of aliphatic hydroxyl groups excluding tert-OH is 1. The van der Waals surface area contributed by atoms with Gasteiger partial charge in [-0.25, -0.2) is 14.4 Å². The zero-order chi connectivity index (χ0) is 24.9. The summed E-state index contributed by atoms with van der Waals surface area (Å²) in [5.74, 6) is 0.00963. The third-order valence-electron chi connectivity index (χ3n) is 6.50. The van der Waals surface area contributed by atoms with Gasteiger partial charge in [-0.2, -0.15) is 0 Å². The fourth-order valence-electron chi connectivity index (χ4n) is 4.59. The molecule has 35 heavy (non-hydrogen) atoms. The molecule has 188 valence electrons. The molecule has 1 aliphatic heterocycles. The fourth-order valence-corrected chi connectivity index (χ4v) is 4.79. The van der Waals surface area contributed by atoms with Crippen LogP contribution < -0.4 is 10.6 Å². The third kappa shape index (κ3) is 6.74. The number of hydrogen-bond donors (Lipinski definition) is 3. The fraction of sp³-hybridized carbons (Fsp3) is 0.520. The quantitative estimate of drug-likeness (QED) is 0.508. The van der Waals surface area contributed by atoms with Gasteiger partial charge in [0.05, 0.1) is 16.8 Å². The highest BCUT2D eigenvalue weighted by molar-refractivity contribution is 6.30. The minimum atomic E-state index is -0.503. The number of rotatable bonds is 8. The van der Waals surface area contributed by atoms with Crippen molar-refractivity contribution in [1.82, 2.24) is 20.6 Å². The van der Waals surface area contributed by atoms with Crippen LogP contribution in [0.3, 0.4) is 0 Å². The summed E-state index contributed by atoms with van der Waals surface area (Å²) in [6.45, 7) is 4.33. The number of aromatic nitrogens is 2. The third-order valence-corrected chi connectivity index (χ3v) is 6.79. The number of carbonyl (C=O) groups excluding carboxylic acids is 1. The number of halogens is 2. The molecule has 2 aromatic rings. The maximum Gasteiger partial charge on any atom is 0.270 e. The summed E-state index contributed by atoms with van der Waals surface area (Å²) in [7, 11) is 0. The number of oxime groups is 1. The van der Waals surface area contributed by atoms with Crippen molar-refractivity contribution in [2.75, 3.05) is 6.54 Å². The summed E-state index contributed by atoms with van der Waals surface area (Å²) < 4.78 is 13.4. The molecule has 3 N–H and O–H groups in total. The summed E-state index contributed by atoms with van der Waals surface area (Å²) in [6.07, 6.45) is 4.46. The second-order valence-electron chi connectivity index (χ2n) is 9.37. The molecule has 10 heteroatoms. The Balaban J connectivity index is 1.33. The summed E-state index contributed by atoms with van der Waals surface area (Å²) in [6, 6.07) is 6.37. The zero-order valence-corrected chi connectivity index (χ0v) is 20.7. The molecule has 1 aromatic heterocycles. The van der Waals surface area contributed by atoms with E-state index in [0.717, 1.165) is 25.7 Å². The lowest BCUT2D eigenvalue weighted by atomic mass is 9.81. The molecule has 1 fully saturated rings. The summed E-state index contributed by atoms with van der Waals surface area (Å²) in [5.41, 5.74) is 2.22. The van der Waals surface area contributed by atoms with Crippen LogP contribution >= 0.6 is 11.6 Å². The Morgan fingerprint density at radius 3 is 2.74 bits per heavy atom. The van der Waals surface area contributed by atoms with Crippen LogP contribution in [-0.4, -0.2) is 51.5 Å². The topological polar surface area (TPSA) is 109 Å². The van der Waals surface area contributed by atoms with Gasteiger partial charge in [0.25, 0.3) is 5.91 Å². The van der Waals surface area contributed by atoms with Crippen molar-refractivity contribution in [3.8, 4) is 0 Å². The second kappa shape index (κ2) is 11.4. The van der Waals surface area contributed by atoms with Gasteiger partial charge < -0.3 is 20.6 Å². The Morgan fingerprint density at radius 2 is 2.03 bits per heavy atom. The van der Waals surface area contributed by atoms with E-state index in [1.54, 1.807) is 26.0 Å². The lowest BCUT2D eigenvalue weighted by molar-refractivity contribution is 0.0228. The first kappa shape index (κ1) is 25.5. The van der Waals surface area contributed by atoms with E-state index < -0.39 is 5.82 Å². The normalized spacial score (nSPS) is 22.9. The van der Waals surface area contributed by atoms with E-state index in [1.807, 2.05) is 0 Å². The molecule has 2 heterocycles. The first-order chi connectivity index (χ1) is 16.8. The van der Waals surface area contributed by atoms with Gasteiger partial charge in [0.15, 0.2) is 0 Å². The van der Waals surface area contributed by atoms with Crippen molar-refractivity contribution in [2.45, 2.75) is 70.7 Å².